The Kier molecular flexibility index (Phi) is 3.90. The predicted octanol–water partition coefficient (Wildman–Crippen LogP) is 2.52. The van der Waals surface area contributed by atoms with Gasteiger partial charge < -0.3 is 10.1 Å². The number of nitro groups is 1. The molecule has 2 rings (SSSR count). The molecule has 0 amide bonds. The molecule has 7 heteroatoms. The van der Waals surface area contributed by atoms with E-state index in [1.807, 2.05) is 0 Å². The van der Waals surface area contributed by atoms with E-state index < -0.39 is 10.9 Å². The number of methoxy groups -OCH3 is 1. The molecule has 0 fully saturated rings. The zero-order valence-corrected chi connectivity index (χ0v) is 10.6. The van der Waals surface area contributed by atoms with Gasteiger partial charge in [-0.3, -0.25) is 10.1 Å². The van der Waals surface area contributed by atoms with Crippen LogP contribution in [0.3, 0.4) is 0 Å². The highest BCUT2D eigenvalue weighted by Gasteiger charge is 2.13. The minimum atomic E-state index is -0.536. The highest BCUT2D eigenvalue weighted by molar-refractivity contribution is 5.95. The third kappa shape index (κ3) is 2.89. The molecule has 0 radical (unpaired) electrons. The van der Waals surface area contributed by atoms with Crippen molar-refractivity contribution in [1.82, 2.24) is 4.98 Å². The molecule has 0 aliphatic carbocycles. The molecule has 0 saturated carbocycles. The molecule has 0 unspecified atom stereocenters. The molecule has 2 aromatic rings. The number of hydrogen-bond acceptors (Lipinski definition) is 6. The van der Waals surface area contributed by atoms with Crippen LogP contribution < -0.4 is 5.32 Å². The standard InChI is InChI=1S/C13H11N3O4/c1-20-13(17)11-6-3-7-14-12(11)15-9-4-2-5-10(8-9)16(18)19/h2-8H,1H3,(H,14,15). The number of esters is 1. The molecule has 102 valence electrons. The van der Waals surface area contributed by atoms with Crippen molar-refractivity contribution in [1.29, 1.82) is 0 Å². The lowest BCUT2D eigenvalue weighted by atomic mass is 10.2. The second kappa shape index (κ2) is 5.79. The molecule has 1 heterocycles. The van der Waals surface area contributed by atoms with E-state index in [2.05, 4.69) is 15.0 Å². The van der Waals surface area contributed by atoms with Gasteiger partial charge in [-0.2, -0.15) is 0 Å². The number of anilines is 2. The normalized spacial score (nSPS) is 9.85. The largest absolute Gasteiger partial charge is 0.465 e. The average molecular weight is 273 g/mol. The van der Waals surface area contributed by atoms with E-state index in [4.69, 9.17) is 0 Å². The number of benzene rings is 1. The minimum Gasteiger partial charge on any atom is -0.465 e. The number of rotatable bonds is 4. The lowest BCUT2D eigenvalue weighted by molar-refractivity contribution is -0.384. The number of aromatic nitrogens is 1. The quantitative estimate of drug-likeness (QED) is 0.522. The van der Waals surface area contributed by atoms with Crippen LogP contribution in [0.25, 0.3) is 0 Å². The third-order valence-corrected chi connectivity index (χ3v) is 2.53. The van der Waals surface area contributed by atoms with Gasteiger partial charge in [0.05, 0.1) is 12.0 Å². The molecule has 7 nitrogen and oxygen atoms in total. The SMILES string of the molecule is COC(=O)c1cccnc1Nc1cccc([N+](=O)[O-])c1. The van der Waals surface area contributed by atoms with Crippen LogP contribution in [0.5, 0.6) is 0 Å². The molecule has 0 aliphatic heterocycles. The zero-order valence-electron chi connectivity index (χ0n) is 10.6. The van der Waals surface area contributed by atoms with Crippen molar-refractivity contribution in [2.45, 2.75) is 0 Å². The first-order valence-corrected chi connectivity index (χ1v) is 5.66. The van der Waals surface area contributed by atoms with Crippen LogP contribution in [0.1, 0.15) is 10.4 Å². The predicted molar refractivity (Wildman–Crippen MR) is 72.0 cm³/mol. The number of nitrogens with one attached hydrogen (secondary N) is 1. The van der Waals surface area contributed by atoms with Crippen molar-refractivity contribution in [3.63, 3.8) is 0 Å². The summed E-state index contributed by atoms with van der Waals surface area (Å²) in [4.78, 5) is 25.8. The number of ether oxygens (including phenoxy) is 1. The van der Waals surface area contributed by atoms with E-state index >= 15 is 0 Å². The molecule has 1 aromatic carbocycles. The maximum atomic E-state index is 11.6. The fourth-order valence-electron chi connectivity index (χ4n) is 1.61. The summed E-state index contributed by atoms with van der Waals surface area (Å²) in [5, 5.41) is 13.6. The number of non-ortho nitro benzene ring substituents is 1. The average Bonchev–Trinajstić information content (AvgIpc) is 2.47. The Labute approximate surface area is 114 Å². The van der Waals surface area contributed by atoms with Crippen LogP contribution in [0.15, 0.2) is 42.6 Å². The number of nitrogens with zero attached hydrogens (tertiary/aromatic N) is 2. The van der Waals surface area contributed by atoms with Crippen molar-refractivity contribution in [2.75, 3.05) is 12.4 Å². The highest BCUT2D eigenvalue weighted by Crippen LogP contribution is 2.22. The molecule has 1 aromatic heterocycles. The smallest absolute Gasteiger partial charge is 0.341 e. The van der Waals surface area contributed by atoms with Gasteiger partial charge in [0.15, 0.2) is 0 Å². The van der Waals surface area contributed by atoms with Crippen molar-refractivity contribution < 1.29 is 14.5 Å². The Balaban J connectivity index is 2.33. The fraction of sp³-hybridized carbons (Fsp3) is 0.0769. The van der Waals surface area contributed by atoms with Crippen molar-refractivity contribution in [3.05, 3.63) is 58.3 Å². The third-order valence-electron chi connectivity index (χ3n) is 2.53. The number of nitro benzene ring substituents is 1. The van der Waals surface area contributed by atoms with E-state index in [-0.39, 0.29) is 17.1 Å². The summed E-state index contributed by atoms with van der Waals surface area (Å²) in [5.41, 5.74) is 0.662. The molecule has 20 heavy (non-hydrogen) atoms. The minimum absolute atomic E-state index is 0.0504. The van der Waals surface area contributed by atoms with Crippen LogP contribution in [0.2, 0.25) is 0 Å². The first-order chi connectivity index (χ1) is 9.61. The lowest BCUT2D eigenvalue weighted by Gasteiger charge is -2.09. The Morgan fingerprint density at radius 3 is 2.85 bits per heavy atom. The van der Waals surface area contributed by atoms with Gasteiger partial charge in [-0.15, -0.1) is 0 Å². The highest BCUT2D eigenvalue weighted by atomic mass is 16.6. The second-order valence-electron chi connectivity index (χ2n) is 3.82. The number of carbonyl (C=O) groups is 1. The van der Waals surface area contributed by atoms with Gasteiger partial charge in [-0.1, -0.05) is 6.07 Å². The van der Waals surface area contributed by atoms with E-state index in [1.165, 1.54) is 25.4 Å². The molecule has 0 saturated heterocycles. The van der Waals surface area contributed by atoms with Gasteiger partial charge in [0.25, 0.3) is 5.69 Å². The van der Waals surface area contributed by atoms with Crippen LogP contribution in [0, 0.1) is 10.1 Å². The summed E-state index contributed by atoms with van der Waals surface area (Å²) in [6, 6.07) is 9.08. The number of pyridine rings is 1. The van der Waals surface area contributed by atoms with Crippen LogP contribution in [-0.4, -0.2) is 23.0 Å². The van der Waals surface area contributed by atoms with Crippen molar-refractivity contribution in [2.24, 2.45) is 0 Å². The molecular formula is C13H11N3O4. The van der Waals surface area contributed by atoms with E-state index in [0.717, 1.165) is 0 Å². The summed E-state index contributed by atoms with van der Waals surface area (Å²) >= 11 is 0. The summed E-state index contributed by atoms with van der Waals surface area (Å²) < 4.78 is 4.65. The first-order valence-electron chi connectivity index (χ1n) is 5.66. The van der Waals surface area contributed by atoms with Gasteiger partial charge in [0, 0.05) is 24.0 Å². The maximum absolute atomic E-state index is 11.6. The summed E-state index contributed by atoms with van der Waals surface area (Å²) in [5.74, 6) is -0.258. The van der Waals surface area contributed by atoms with E-state index in [1.54, 1.807) is 24.3 Å². The molecule has 0 aliphatic rings. The topological polar surface area (TPSA) is 94.4 Å². The summed E-state index contributed by atoms with van der Waals surface area (Å²) in [6.45, 7) is 0. The van der Waals surface area contributed by atoms with Gasteiger partial charge in [0.1, 0.15) is 11.4 Å². The van der Waals surface area contributed by atoms with E-state index in [9.17, 15) is 14.9 Å². The van der Waals surface area contributed by atoms with Gasteiger partial charge in [-0.05, 0) is 18.2 Å². The number of hydrogen-bond donors (Lipinski definition) is 1. The molecule has 0 bridgehead atoms. The van der Waals surface area contributed by atoms with Crippen LogP contribution in [-0.2, 0) is 4.74 Å². The van der Waals surface area contributed by atoms with Crippen molar-refractivity contribution in [3.8, 4) is 0 Å². The Hall–Kier alpha value is -2.96. The molecule has 0 atom stereocenters. The molecule has 0 spiro atoms. The van der Waals surface area contributed by atoms with Crippen molar-refractivity contribution >= 4 is 23.2 Å². The molecular weight excluding hydrogens is 262 g/mol. The monoisotopic (exact) mass is 273 g/mol. The second-order valence-corrected chi connectivity index (χ2v) is 3.82. The zero-order chi connectivity index (χ0) is 14.5. The number of carbonyl (C=O) groups excluding carboxylic acids is 1. The summed E-state index contributed by atoms with van der Waals surface area (Å²) in [7, 11) is 1.27. The van der Waals surface area contributed by atoms with Gasteiger partial charge in [0.2, 0.25) is 0 Å². The Morgan fingerprint density at radius 1 is 1.35 bits per heavy atom. The van der Waals surface area contributed by atoms with Gasteiger partial charge >= 0.3 is 5.97 Å². The summed E-state index contributed by atoms with van der Waals surface area (Å²) in [6.07, 6.45) is 1.51. The van der Waals surface area contributed by atoms with E-state index in [0.29, 0.717) is 5.69 Å². The fourth-order valence-corrected chi connectivity index (χ4v) is 1.61. The Bertz CT molecular complexity index is 658. The maximum Gasteiger partial charge on any atom is 0.341 e. The van der Waals surface area contributed by atoms with Crippen LogP contribution >= 0.6 is 0 Å². The van der Waals surface area contributed by atoms with Gasteiger partial charge in [-0.25, -0.2) is 9.78 Å². The van der Waals surface area contributed by atoms with Crippen LogP contribution in [0.4, 0.5) is 17.2 Å². The first kappa shape index (κ1) is 13.5. The lowest BCUT2D eigenvalue weighted by Crippen LogP contribution is -2.07. The molecule has 1 N–H and O–H groups in total. The Morgan fingerprint density at radius 2 is 2.15 bits per heavy atom.